The Morgan fingerprint density at radius 3 is 2.18 bits per heavy atom. The molecule has 1 aromatic rings. The maximum Gasteiger partial charge on any atom is 0.408 e. The van der Waals surface area contributed by atoms with E-state index >= 15 is 0 Å². The van der Waals surface area contributed by atoms with Crippen LogP contribution in [0.15, 0.2) is 29.2 Å². The first kappa shape index (κ1) is 27.9. The SMILES string of the molecule is CC(C)(C)OC(=O)N[C@H](C(=O)Nc1ccc(S(=O)(=O)NCCC(F)(F)F)cc1)C1CCCCC1. The summed E-state index contributed by atoms with van der Waals surface area (Å²) < 4.78 is 68.3. The van der Waals surface area contributed by atoms with E-state index in [1.54, 1.807) is 20.8 Å². The third-order valence-electron chi connectivity index (χ3n) is 5.21. The fourth-order valence-electron chi connectivity index (χ4n) is 3.65. The minimum Gasteiger partial charge on any atom is -0.444 e. The molecule has 0 saturated heterocycles. The fourth-order valence-corrected chi connectivity index (χ4v) is 4.68. The number of nitrogens with one attached hydrogen (secondary N) is 3. The quantitative estimate of drug-likeness (QED) is 0.485. The van der Waals surface area contributed by atoms with Gasteiger partial charge in [0.15, 0.2) is 0 Å². The van der Waals surface area contributed by atoms with Crippen LogP contribution in [-0.4, -0.2) is 44.8 Å². The van der Waals surface area contributed by atoms with E-state index in [2.05, 4.69) is 10.6 Å². The number of alkyl carbamates (subject to hydrolysis) is 1. The summed E-state index contributed by atoms with van der Waals surface area (Å²) in [4.78, 5) is 25.1. The van der Waals surface area contributed by atoms with E-state index in [1.165, 1.54) is 24.3 Å². The van der Waals surface area contributed by atoms with Crippen molar-refractivity contribution in [2.75, 3.05) is 11.9 Å². The minimum atomic E-state index is -4.47. The van der Waals surface area contributed by atoms with E-state index in [1.807, 2.05) is 4.72 Å². The molecule has 192 valence electrons. The number of benzene rings is 1. The molecule has 0 spiro atoms. The highest BCUT2D eigenvalue weighted by Gasteiger charge is 2.32. The standard InChI is InChI=1S/C22H32F3N3O5S/c1-21(2,3)33-20(30)28-18(15-7-5-4-6-8-15)19(29)27-16-9-11-17(12-10-16)34(31,32)26-14-13-22(23,24)25/h9-12,15,18,26H,4-8,13-14H2,1-3H3,(H,27,29)(H,28,30)/t18-/m0/s1. The first-order valence-electron chi connectivity index (χ1n) is 11.1. The molecule has 1 aromatic carbocycles. The summed E-state index contributed by atoms with van der Waals surface area (Å²) in [6.45, 7) is 4.38. The molecule has 0 unspecified atom stereocenters. The Morgan fingerprint density at radius 2 is 1.65 bits per heavy atom. The van der Waals surface area contributed by atoms with Crippen LogP contribution in [0.3, 0.4) is 0 Å². The lowest BCUT2D eigenvalue weighted by molar-refractivity contribution is -0.132. The maximum atomic E-state index is 13.0. The summed E-state index contributed by atoms with van der Waals surface area (Å²) in [6.07, 6.45) is -1.97. The zero-order valence-electron chi connectivity index (χ0n) is 19.5. The topological polar surface area (TPSA) is 114 Å². The number of sulfonamides is 1. The molecule has 3 N–H and O–H groups in total. The lowest BCUT2D eigenvalue weighted by atomic mass is 9.83. The van der Waals surface area contributed by atoms with Gasteiger partial charge in [-0.05, 0) is 63.8 Å². The Labute approximate surface area is 198 Å². The zero-order valence-corrected chi connectivity index (χ0v) is 20.3. The van der Waals surface area contributed by atoms with Gasteiger partial charge in [-0.1, -0.05) is 19.3 Å². The van der Waals surface area contributed by atoms with Gasteiger partial charge in [0.2, 0.25) is 15.9 Å². The summed E-state index contributed by atoms with van der Waals surface area (Å²) in [7, 11) is -4.13. The van der Waals surface area contributed by atoms with Crippen LogP contribution in [0.5, 0.6) is 0 Å². The third-order valence-corrected chi connectivity index (χ3v) is 6.69. The number of hydrogen-bond acceptors (Lipinski definition) is 5. The highest BCUT2D eigenvalue weighted by Crippen LogP contribution is 2.28. The van der Waals surface area contributed by atoms with Gasteiger partial charge in [0.05, 0.1) is 11.3 Å². The number of rotatable bonds is 8. The van der Waals surface area contributed by atoms with Crippen molar-refractivity contribution in [2.45, 2.75) is 82.0 Å². The first-order chi connectivity index (χ1) is 15.7. The molecule has 2 rings (SSSR count). The van der Waals surface area contributed by atoms with Crippen molar-refractivity contribution in [1.29, 1.82) is 0 Å². The molecule has 8 nitrogen and oxygen atoms in total. The lowest BCUT2D eigenvalue weighted by Crippen LogP contribution is -2.50. The number of amides is 2. The van der Waals surface area contributed by atoms with Crippen molar-refractivity contribution < 1.29 is 35.9 Å². The molecule has 12 heteroatoms. The monoisotopic (exact) mass is 507 g/mol. The number of carbonyl (C=O) groups is 2. The molecule has 0 aliphatic heterocycles. The number of alkyl halides is 3. The molecule has 1 saturated carbocycles. The average molecular weight is 508 g/mol. The smallest absolute Gasteiger partial charge is 0.408 e. The normalized spacial score (nSPS) is 16.5. The molecule has 1 fully saturated rings. The summed E-state index contributed by atoms with van der Waals surface area (Å²) in [5.41, 5.74) is -0.446. The second kappa shape index (κ2) is 11.4. The van der Waals surface area contributed by atoms with E-state index in [4.69, 9.17) is 4.74 Å². The molecule has 1 aliphatic rings. The molecule has 1 aliphatic carbocycles. The van der Waals surface area contributed by atoms with Crippen LogP contribution in [0.25, 0.3) is 0 Å². The zero-order chi connectivity index (χ0) is 25.6. The van der Waals surface area contributed by atoms with Crippen molar-refractivity contribution in [3.8, 4) is 0 Å². The van der Waals surface area contributed by atoms with Crippen molar-refractivity contribution in [2.24, 2.45) is 5.92 Å². The number of ether oxygens (including phenoxy) is 1. The van der Waals surface area contributed by atoms with E-state index in [0.29, 0.717) is 0 Å². The van der Waals surface area contributed by atoms with Crippen LogP contribution in [0.2, 0.25) is 0 Å². The second-order valence-electron chi connectivity index (χ2n) is 9.30. The fraction of sp³-hybridized carbons (Fsp3) is 0.636. The number of anilines is 1. The second-order valence-corrected chi connectivity index (χ2v) is 11.1. The van der Waals surface area contributed by atoms with E-state index in [-0.39, 0.29) is 16.5 Å². The van der Waals surface area contributed by atoms with Gasteiger partial charge in [-0.3, -0.25) is 4.79 Å². The van der Waals surface area contributed by atoms with Gasteiger partial charge in [-0.25, -0.2) is 17.9 Å². The van der Waals surface area contributed by atoms with Crippen LogP contribution >= 0.6 is 0 Å². The number of carbonyl (C=O) groups excluding carboxylic acids is 2. The Morgan fingerprint density at radius 1 is 1.06 bits per heavy atom. The predicted octanol–water partition coefficient (Wildman–Crippen LogP) is 4.33. The molecule has 0 aromatic heterocycles. The molecular formula is C22H32F3N3O5S. The van der Waals surface area contributed by atoms with Gasteiger partial charge in [0.1, 0.15) is 11.6 Å². The van der Waals surface area contributed by atoms with E-state index < -0.39 is 52.8 Å². The molecule has 0 bridgehead atoms. The van der Waals surface area contributed by atoms with Crippen LogP contribution in [0.4, 0.5) is 23.7 Å². The molecule has 2 amide bonds. The van der Waals surface area contributed by atoms with E-state index in [0.717, 1.165) is 32.1 Å². The minimum absolute atomic E-state index is 0.0706. The molecule has 0 radical (unpaired) electrons. The van der Waals surface area contributed by atoms with Gasteiger partial charge in [0, 0.05) is 12.2 Å². The van der Waals surface area contributed by atoms with Gasteiger partial charge in [0.25, 0.3) is 0 Å². The Kier molecular flexibility index (Phi) is 9.35. The molecular weight excluding hydrogens is 475 g/mol. The van der Waals surface area contributed by atoms with Gasteiger partial charge in [-0.15, -0.1) is 0 Å². The predicted molar refractivity (Wildman–Crippen MR) is 121 cm³/mol. The number of hydrogen-bond donors (Lipinski definition) is 3. The van der Waals surface area contributed by atoms with Crippen molar-refractivity contribution in [1.82, 2.24) is 10.0 Å². The number of halogens is 3. The van der Waals surface area contributed by atoms with Crippen molar-refractivity contribution in [3.63, 3.8) is 0 Å². The van der Waals surface area contributed by atoms with Crippen molar-refractivity contribution in [3.05, 3.63) is 24.3 Å². The first-order valence-corrected chi connectivity index (χ1v) is 12.6. The summed E-state index contributed by atoms with van der Waals surface area (Å²) in [5, 5.41) is 5.34. The largest absolute Gasteiger partial charge is 0.444 e. The Balaban J connectivity index is 2.07. The van der Waals surface area contributed by atoms with Gasteiger partial charge < -0.3 is 15.4 Å². The summed E-state index contributed by atoms with van der Waals surface area (Å²) in [5.74, 6) is -0.532. The Hall–Kier alpha value is -2.34. The third kappa shape index (κ3) is 9.49. The highest BCUT2D eigenvalue weighted by atomic mass is 32.2. The molecule has 0 heterocycles. The molecule has 1 atom stereocenters. The highest BCUT2D eigenvalue weighted by molar-refractivity contribution is 7.89. The summed E-state index contributed by atoms with van der Waals surface area (Å²) >= 11 is 0. The molecule has 34 heavy (non-hydrogen) atoms. The van der Waals surface area contributed by atoms with Crippen LogP contribution in [0.1, 0.15) is 59.3 Å². The maximum absolute atomic E-state index is 13.0. The average Bonchev–Trinajstić information content (AvgIpc) is 2.70. The Bertz CT molecular complexity index is 938. The van der Waals surface area contributed by atoms with Crippen LogP contribution < -0.4 is 15.4 Å². The van der Waals surface area contributed by atoms with Gasteiger partial charge >= 0.3 is 12.3 Å². The van der Waals surface area contributed by atoms with E-state index in [9.17, 15) is 31.2 Å². The summed E-state index contributed by atoms with van der Waals surface area (Å²) in [6, 6.07) is 4.20. The van der Waals surface area contributed by atoms with Gasteiger partial charge in [-0.2, -0.15) is 13.2 Å². The van der Waals surface area contributed by atoms with Crippen LogP contribution in [-0.2, 0) is 19.6 Å². The van der Waals surface area contributed by atoms with Crippen molar-refractivity contribution >= 4 is 27.7 Å². The lowest BCUT2D eigenvalue weighted by Gasteiger charge is -2.31. The van der Waals surface area contributed by atoms with Crippen LogP contribution in [0, 0.1) is 5.92 Å².